The van der Waals surface area contributed by atoms with Crippen molar-refractivity contribution >= 4 is 8.32 Å². The summed E-state index contributed by atoms with van der Waals surface area (Å²) in [6.07, 6.45) is 0. The second kappa shape index (κ2) is 5.23. The van der Waals surface area contributed by atoms with Gasteiger partial charge in [-0.3, -0.25) is 0 Å². The molecule has 0 aliphatic heterocycles. The van der Waals surface area contributed by atoms with E-state index >= 15 is 0 Å². The van der Waals surface area contributed by atoms with E-state index in [4.69, 9.17) is 4.43 Å². The Morgan fingerprint density at radius 1 is 1.18 bits per heavy atom. The van der Waals surface area contributed by atoms with Gasteiger partial charge in [-0.05, 0) is 31.2 Å². The number of rotatable bonds is 4. The van der Waals surface area contributed by atoms with E-state index in [0.717, 1.165) is 12.3 Å². The lowest BCUT2D eigenvalue weighted by atomic mass is 10.2. The Kier molecular flexibility index (Phi) is 4.39. The van der Waals surface area contributed by atoms with Crippen molar-refractivity contribution in [2.24, 2.45) is 0 Å². The summed E-state index contributed by atoms with van der Waals surface area (Å²) in [5.41, 5.74) is 1.24. The third kappa shape index (κ3) is 3.58. The lowest BCUT2D eigenvalue weighted by Crippen LogP contribution is -2.44. The van der Waals surface area contributed by atoms with Crippen LogP contribution < -0.4 is 9.74 Å². The summed E-state index contributed by atoms with van der Waals surface area (Å²) in [5, 5.41) is 3.42. The molecule has 3 heteroatoms. The van der Waals surface area contributed by atoms with Crippen LogP contribution in [0.5, 0.6) is 5.75 Å². The highest BCUT2D eigenvalue weighted by Gasteiger charge is 2.39. The van der Waals surface area contributed by atoms with E-state index in [9.17, 15) is 0 Å². The van der Waals surface area contributed by atoms with Crippen LogP contribution in [-0.4, -0.2) is 15.4 Å². The maximum atomic E-state index is 6.35. The van der Waals surface area contributed by atoms with Gasteiger partial charge in [-0.1, -0.05) is 39.0 Å². The van der Waals surface area contributed by atoms with E-state index in [1.165, 1.54) is 5.56 Å². The van der Waals surface area contributed by atoms with Crippen molar-refractivity contribution in [2.45, 2.75) is 45.4 Å². The largest absolute Gasteiger partial charge is 0.543 e. The fourth-order valence-electron chi connectivity index (χ4n) is 1.37. The summed E-state index contributed by atoms with van der Waals surface area (Å²) in [6.45, 7) is 12.2. The Bertz CT molecular complexity index is 369. The van der Waals surface area contributed by atoms with Gasteiger partial charge in [-0.15, -0.1) is 0 Å². The molecule has 1 N–H and O–H groups in total. The van der Waals surface area contributed by atoms with Crippen LogP contribution in [0, 0.1) is 0 Å². The molecule has 0 aliphatic carbocycles. The maximum absolute atomic E-state index is 6.35. The number of hydrogen-bond donors (Lipinski definition) is 1. The maximum Gasteiger partial charge on any atom is 0.250 e. The van der Waals surface area contributed by atoms with Crippen molar-refractivity contribution in [3.8, 4) is 5.75 Å². The predicted molar refractivity (Wildman–Crippen MR) is 77.0 cm³/mol. The molecule has 0 aromatic heterocycles. The first-order valence-corrected chi connectivity index (χ1v) is 9.10. The molecular weight excluding hydrogens is 226 g/mol. The normalized spacial score (nSPS) is 12.6. The van der Waals surface area contributed by atoms with Gasteiger partial charge in [0.2, 0.25) is 8.32 Å². The predicted octanol–water partition coefficient (Wildman–Crippen LogP) is 3.79. The molecule has 0 amide bonds. The second-order valence-electron chi connectivity index (χ2n) is 6.00. The molecule has 0 aliphatic rings. The highest BCUT2D eigenvalue weighted by atomic mass is 28.4. The molecule has 0 bridgehead atoms. The van der Waals surface area contributed by atoms with E-state index in [0.29, 0.717) is 0 Å². The van der Waals surface area contributed by atoms with E-state index in [2.05, 4.69) is 57.4 Å². The summed E-state index contributed by atoms with van der Waals surface area (Å²) < 4.78 is 6.35. The average molecular weight is 251 g/mol. The van der Waals surface area contributed by atoms with Crippen molar-refractivity contribution < 1.29 is 4.43 Å². The van der Waals surface area contributed by atoms with Crippen molar-refractivity contribution in [1.29, 1.82) is 0 Å². The Labute approximate surface area is 107 Å². The van der Waals surface area contributed by atoms with Crippen LogP contribution >= 0.6 is 0 Å². The topological polar surface area (TPSA) is 21.3 Å². The minimum atomic E-state index is -1.73. The van der Waals surface area contributed by atoms with Crippen LogP contribution in [0.25, 0.3) is 0 Å². The Morgan fingerprint density at radius 3 is 2.29 bits per heavy atom. The van der Waals surface area contributed by atoms with Crippen molar-refractivity contribution in [2.75, 3.05) is 7.05 Å². The molecule has 0 spiro atoms. The SMILES string of the molecule is CNCc1ccccc1O[Si](C)(C)C(C)(C)C. The minimum absolute atomic E-state index is 0.236. The van der Waals surface area contributed by atoms with Gasteiger partial charge in [0.15, 0.2) is 0 Å². The minimum Gasteiger partial charge on any atom is -0.543 e. The zero-order valence-electron chi connectivity index (χ0n) is 11.9. The monoisotopic (exact) mass is 251 g/mol. The smallest absolute Gasteiger partial charge is 0.250 e. The van der Waals surface area contributed by atoms with E-state index < -0.39 is 8.32 Å². The van der Waals surface area contributed by atoms with Crippen molar-refractivity contribution in [3.05, 3.63) is 29.8 Å². The molecule has 96 valence electrons. The second-order valence-corrected chi connectivity index (χ2v) is 10.7. The van der Waals surface area contributed by atoms with Gasteiger partial charge in [0.25, 0.3) is 0 Å². The summed E-state index contributed by atoms with van der Waals surface area (Å²) in [6, 6.07) is 8.30. The van der Waals surface area contributed by atoms with Crippen LogP contribution in [0.1, 0.15) is 26.3 Å². The number of hydrogen-bond acceptors (Lipinski definition) is 2. The van der Waals surface area contributed by atoms with Crippen LogP contribution in [0.15, 0.2) is 24.3 Å². The molecule has 0 atom stereocenters. The quantitative estimate of drug-likeness (QED) is 0.822. The Hall–Kier alpha value is -0.803. The van der Waals surface area contributed by atoms with E-state index in [1.54, 1.807) is 0 Å². The standard InChI is InChI=1S/C14H25NOSi/c1-14(2,3)17(5,6)16-13-10-8-7-9-12(13)11-15-4/h7-10,15H,11H2,1-6H3. The molecule has 0 saturated carbocycles. The van der Waals surface area contributed by atoms with E-state index in [-0.39, 0.29) is 5.04 Å². The highest BCUT2D eigenvalue weighted by molar-refractivity contribution is 6.74. The zero-order chi connectivity index (χ0) is 13.1. The fourth-order valence-corrected chi connectivity index (χ4v) is 2.42. The first-order valence-electron chi connectivity index (χ1n) is 6.19. The van der Waals surface area contributed by atoms with Gasteiger partial charge in [-0.25, -0.2) is 0 Å². The fraction of sp³-hybridized carbons (Fsp3) is 0.571. The van der Waals surface area contributed by atoms with Crippen molar-refractivity contribution in [1.82, 2.24) is 5.32 Å². The van der Waals surface area contributed by atoms with Crippen LogP contribution in [0.4, 0.5) is 0 Å². The zero-order valence-corrected chi connectivity index (χ0v) is 12.9. The van der Waals surface area contributed by atoms with Crippen LogP contribution in [0.3, 0.4) is 0 Å². The molecule has 1 rings (SSSR count). The lowest BCUT2D eigenvalue weighted by Gasteiger charge is -2.37. The molecule has 1 aromatic rings. The third-order valence-electron chi connectivity index (χ3n) is 3.51. The van der Waals surface area contributed by atoms with Gasteiger partial charge < -0.3 is 9.74 Å². The summed E-state index contributed by atoms with van der Waals surface area (Å²) in [4.78, 5) is 0. The first kappa shape index (κ1) is 14.3. The molecule has 0 heterocycles. The van der Waals surface area contributed by atoms with Gasteiger partial charge in [0.1, 0.15) is 5.75 Å². The summed E-state index contributed by atoms with van der Waals surface area (Å²) in [7, 11) is 0.228. The Morgan fingerprint density at radius 2 is 1.76 bits per heavy atom. The third-order valence-corrected chi connectivity index (χ3v) is 7.85. The molecule has 0 radical (unpaired) electrons. The molecule has 17 heavy (non-hydrogen) atoms. The van der Waals surface area contributed by atoms with E-state index in [1.807, 2.05) is 13.1 Å². The summed E-state index contributed by atoms with van der Waals surface area (Å²) in [5.74, 6) is 1.04. The lowest BCUT2D eigenvalue weighted by molar-refractivity contribution is 0.485. The van der Waals surface area contributed by atoms with Gasteiger partial charge in [-0.2, -0.15) is 0 Å². The van der Waals surface area contributed by atoms with Gasteiger partial charge in [0.05, 0.1) is 0 Å². The Balaban J connectivity index is 2.95. The highest BCUT2D eigenvalue weighted by Crippen LogP contribution is 2.38. The molecular formula is C14H25NOSi. The van der Waals surface area contributed by atoms with Gasteiger partial charge in [0, 0.05) is 12.1 Å². The van der Waals surface area contributed by atoms with Crippen molar-refractivity contribution in [3.63, 3.8) is 0 Å². The molecule has 0 fully saturated rings. The van der Waals surface area contributed by atoms with Crippen LogP contribution in [-0.2, 0) is 6.54 Å². The average Bonchev–Trinajstić information content (AvgIpc) is 2.19. The van der Waals surface area contributed by atoms with Gasteiger partial charge >= 0.3 is 0 Å². The van der Waals surface area contributed by atoms with Crippen LogP contribution in [0.2, 0.25) is 18.1 Å². The molecule has 0 unspecified atom stereocenters. The number of nitrogens with one attached hydrogen (secondary N) is 1. The molecule has 1 aromatic carbocycles. The number of benzene rings is 1. The molecule has 0 saturated heterocycles. The summed E-state index contributed by atoms with van der Waals surface area (Å²) >= 11 is 0. The molecule has 2 nitrogen and oxygen atoms in total. The first-order chi connectivity index (χ1) is 7.78. The number of para-hydroxylation sites is 1.